The minimum absolute atomic E-state index is 0.0607. The van der Waals surface area contributed by atoms with Crippen molar-refractivity contribution in [1.82, 2.24) is 20.2 Å². The van der Waals surface area contributed by atoms with E-state index >= 15 is 0 Å². The lowest BCUT2D eigenvalue weighted by Gasteiger charge is -2.32. The number of nitrogens with zero attached hydrogens (tertiary/aromatic N) is 2. The summed E-state index contributed by atoms with van der Waals surface area (Å²) in [4.78, 5) is 32.9. The number of hydrogen-bond donors (Lipinski definition) is 2. The van der Waals surface area contributed by atoms with Gasteiger partial charge in [0.25, 0.3) is 5.91 Å². The number of piperidine rings is 1. The highest BCUT2D eigenvalue weighted by Gasteiger charge is 2.54. The summed E-state index contributed by atoms with van der Waals surface area (Å²) in [5.41, 5.74) is 1.86. The van der Waals surface area contributed by atoms with Crippen molar-refractivity contribution in [1.29, 1.82) is 0 Å². The van der Waals surface area contributed by atoms with Crippen molar-refractivity contribution in [2.24, 2.45) is 11.3 Å². The van der Waals surface area contributed by atoms with Crippen molar-refractivity contribution in [3.05, 3.63) is 30.2 Å². The van der Waals surface area contributed by atoms with E-state index in [0.717, 1.165) is 43.3 Å². The number of amides is 2. The van der Waals surface area contributed by atoms with E-state index in [-0.39, 0.29) is 11.8 Å². The van der Waals surface area contributed by atoms with Crippen molar-refractivity contribution >= 4 is 22.7 Å². The lowest BCUT2D eigenvalue weighted by Crippen LogP contribution is -2.39. The van der Waals surface area contributed by atoms with E-state index in [1.54, 1.807) is 19.3 Å². The standard InChI is InChI=1S/C18H22N4O2.C3H8/c1-12(23)22-6-3-18(4-7-22)9-14(18)11-20-17(24)16-8-13-10-19-5-2-15(13)21-16;1-3-2/h2,5,8,10,14,21H,3-4,6-7,9,11H2,1H3,(H,20,24);3H2,1-2H3. The van der Waals surface area contributed by atoms with E-state index in [9.17, 15) is 9.59 Å². The highest BCUT2D eigenvalue weighted by molar-refractivity contribution is 5.97. The molecule has 2 aliphatic rings. The first kappa shape index (κ1) is 19.4. The molecule has 2 aromatic heterocycles. The summed E-state index contributed by atoms with van der Waals surface area (Å²) in [6.07, 6.45) is 8.00. The van der Waals surface area contributed by atoms with Crippen LogP contribution in [0.2, 0.25) is 0 Å². The number of pyridine rings is 1. The lowest BCUT2D eigenvalue weighted by atomic mass is 9.91. The molecule has 2 N–H and O–H groups in total. The number of carbonyl (C=O) groups is 2. The van der Waals surface area contributed by atoms with E-state index in [4.69, 9.17) is 0 Å². The first-order valence-corrected chi connectivity index (χ1v) is 9.95. The van der Waals surface area contributed by atoms with Gasteiger partial charge >= 0.3 is 0 Å². The Labute approximate surface area is 160 Å². The molecule has 0 radical (unpaired) electrons. The third-order valence-corrected chi connectivity index (χ3v) is 5.74. The first-order chi connectivity index (χ1) is 13.0. The maximum atomic E-state index is 12.3. The molecule has 3 heterocycles. The number of hydrogen-bond acceptors (Lipinski definition) is 3. The van der Waals surface area contributed by atoms with Gasteiger partial charge in [0.1, 0.15) is 5.69 Å². The molecule has 1 spiro atoms. The molecule has 1 unspecified atom stereocenters. The first-order valence-electron chi connectivity index (χ1n) is 9.95. The molecule has 27 heavy (non-hydrogen) atoms. The Bertz CT molecular complexity index is 772. The topological polar surface area (TPSA) is 78.1 Å². The number of rotatable bonds is 3. The van der Waals surface area contributed by atoms with E-state index < -0.39 is 0 Å². The second kappa shape index (κ2) is 8.11. The summed E-state index contributed by atoms with van der Waals surface area (Å²) in [5.74, 6) is 0.652. The summed E-state index contributed by atoms with van der Waals surface area (Å²) in [5, 5.41) is 4.00. The van der Waals surface area contributed by atoms with Crippen molar-refractivity contribution in [2.75, 3.05) is 19.6 Å². The SMILES string of the molecule is CC(=O)N1CCC2(CC1)CC2CNC(=O)c1cc2cnccc2[nH]1.CCC. The Morgan fingerprint density at radius 3 is 2.67 bits per heavy atom. The number of fused-ring (bicyclic) bond motifs is 1. The Morgan fingerprint density at radius 2 is 2.04 bits per heavy atom. The molecule has 2 fully saturated rings. The monoisotopic (exact) mass is 370 g/mol. The van der Waals surface area contributed by atoms with Crippen LogP contribution in [0.15, 0.2) is 24.5 Å². The van der Waals surface area contributed by atoms with Crippen LogP contribution in [0.25, 0.3) is 10.9 Å². The average molecular weight is 370 g/mol. The Hall–Kier alpha value is -2.37. The predicted octanol–water partition coefficient (Wildman–Crippen LogP) is 3.36. The molecule has 1 aliphatic carbocycles. The van der Waals surface area contributed by atoms with Gasteiger partial charge in [-0.15, -0.1) is 0 Å². The van der Waals surface area contributed by atoms with Crippen LogP contribution in [-0.2, 0) is 4.79 Å². The van der Waals surface area contributed by atoms with Crippen molar-refractivity contribution < 1.29 is 9.59 Å². The van der Waals surface area contributed by atoms with Crippen molar-refractivity contribution in [3.8, 4) is 0 Å². The van der Waals surface area contributed by atoms with Crippen LogP contribution in [-0.4, -0.2) is 46.3 Å². The minimum atomic E-state index is -0.0607. The maximum Gasteiger partial charge on any atom is 0.267 e. The van der Waals surface area contributed by atoms with Crippen LogP contribution in [0.5, 0.6) is 0 Å². The molecular formula is C21H30N4O2. The fraction of sp³-hybridized carbons (Fsp3) is 0.571. The van der Waals surface area contributed by atoms with Gasteiger partial charge in [0, 0.05) is 49.9 Å². The highest BCUT2D eigenvalue weighted by atomic mass is 16.2. The molecule has 146 valence electrons. The molecular weight excluding hydrogens is 340 g/mol. The van der Waals surface area contributed by atoms with Gasteiger partial charge in [0.05, 0.1) is 0 Å². The van der Waals surface area contributed by atoms with E-state index in [2.05, 4.69) is 29.1 Å². The second-order valence-electron chi connectivity index (χ2n) is 7.83. The number of nitrogens with one attached hydrogen (secondary N) is 2. The number of likely N-dealkylation sites (tertiary alicyclic amines) is 1. The summed E-state index contributed by atoms with van der Waals surface area (Å²) >= 11 is 0. The second-order valence-corrected chi connectivity index (χ2v) is 7.83. The fourth-order valence-electron chi connectivity index (χ4n) is 4.01. The van der Waals surface area contributed by atoms with Crippen LogP contribution >= 0.6 is 0 Å². The number of aromatic nitrogens is 2. The number of H-pyrrole nitrogens is 1. The van der Waals surface area contributed by atoms with Gasteiger partial charge in [0.15, 0.2) is 0 Å². The fourth-order valence-corrected chi connectivity index (χ4v) is 4.01. The molecule has 1 aliphatic heterocycles. The summed E-state index contributed by atoms with van der Waals surface area (Å²) in [7, 11) is 0. The molecule has 0 bridgehead atoms. The van der Waals surface area contributed by atoms with Crippen molar-refractivity contribution in [2.45, 2.75) is 46.5 Å². The summed E-state index contributed by atoms with van der Waals surface area (Å²) in [6, 6.07) is 3.70. The van der Waals surface area contributed by atoms with Crippen LogP contribution in [0.4, 0.5) is 0 Å². The highest BCUT2D eigenvalue weighted by Crippen LogP contribution is 2.59. The van der Waals surface area contributed by atoms with Crippen LogP contribution in [0.1, 0.15) is 56.9 Å². The molecule has 6 heteroatoms. The summed E-state index contributed by atoms with van der Waals surface area (Å²) in [6.45, 7) is 8.31. The maximum absolute atomic E-state index is 12.3. The Morgan fingerprint density at radius 1 is 1.33 bits per heavy atom. The zero-order chi connectivity index (χ0) is 19.4. The smallest absolute Gasteiger partial charge is 0.267 e. The van der Waals surface area contributed by atoms with Gasteiger partial charge in [-0.3, -0.25) is 14.6 Å². The van der Waals surface area contributed by atoms with Gasteiger partial charge < -0.3 is 15.2 Å². The molecule has 6 nitrogen and oxygen atoms in total. The lowest BCUT2D eigenvalue weighted by molar-refractivity contribution is -0.130. The van der Waals surface area contributed by atoms with Gasteiger partial charge in [-0.1, -0.05) is 20.3 Å². The molecule has 0 aromatic carbocycles. The van der Waals surface area contributed by atoms with Crippen LogP contribution < -0.4 is 5.32 Å². The third kappa shape index (κ3) is 4.31. The zero-order valence-electron chi connectivity index (χ0n) is 16.5. The molecule has 2 aromatic rings. The Balaban J connectivity index is 0.000000659. The number of aromatic amines is 1. The number of carbonyl (C=O) groups excluding carboxylic acids is 2. The Kier molecular flexibility index (Phi) is 5.82. The van der Waals surface area contributed by atoms with Gasteiger partial charge in [-0.05, 0) is 42.7 Å². The zero-order valence-corrected chi connectivity index (χ0v) is 16.5. The van der Waals surface area contributed by atoms with E-state index in [0.29, 0.717) is 23.6 Å². The summed E-state index contributed by atoms with van der Waals surface area (Å²) < 4.78 is 0. The van der Waals surface area contributed by atoms with Gasteiger partial charge in [0.2, 0.25) is 5.91 Å². The van der Waals surface area contributed by atoms with Crippen LogP contribution in [0.3, 0.4) is 0 Å². The molecule has 4 rings (SSSR count). The van der Waals surface area contributed by atoms with Gasteiger partial charge in [-0.25, -0.2) is 0 Å². The normalized spacial score (nSPS) is 20.1. The van der Waals surface area contributed by atoms with Crippen molar-refractivity contribution in [3.63, 3.8) is 0 Å². The van der Waals surface area contributed by atoms with E-state index in [1.165, 1.54) is 6.42 Å². The molecule has 1 saturated heterocycles. The molecule has 2 amide bonds. The third-order valence-electron chi connectivity index (χ3n) is 5.74. The predicted molar refractivity (Wildman–Crippen MR) is 106 cm³/mol. The molecule has 1 atom stereocenters. The minimum Gasteiger partial charge on any atom is -0.350 e. The molecule has 1 saturated carbocycles. The van der Waals surface area contributed by atoms with E-state index in [1.807, 2.05) is 17.0 Å². The average Bonchev–Trinajstić information content (AvgIpc) is 3.13. The van der Waals surface area contributed by atoms with Gasteiger partial charge in [-0.2, -0.15) is 0 Å². The van der Waals surface area contributed by atoms with Crippen LogP contribution in [0, 0.1) is 11.3 Å². The largest absolute Gasteiger partial charge is 0.350 e. The quantitative estimate of drug-likeness (QED) is 0.870.